The van der Waals surface area contributed by atoms with Gasteiger partial charge >= 0.3 is 5.92 Å². The summed E-state index contributed by atoms with van der Waals surface area (Å²) in [6, 6.07) is 0. The zero-order valence-corrected chi connectivity index (χ0v) is 8.51. The summed E-state index contributed by atoms with van der Waals surface area (Å²) in [5.41, 5.74) is 0. The normalized spacial score (nSPS) is 28.4. The maximum atomic E-state index is 12.6. The second-order valence-corrected chi connectivity index (χ2v) is 4.20. The van der Waals surface area contributed by atoms with Crippen LogP contribution in [0.2, 0.25) is 0 Å². The number of Topliss-reactive ketones (excluding diaryl/α,β-unsaturated/α-hetero) is 2. The number of carbonyl (C=O) groups is 2. The fourth-order valence-corrected chi connectivity index (χ4v) is 1.55. The molecule has 0 bridgehead atoms. The summed E-state index contributed by atoms with van der Waals surface area (Å²) in [5, 5.41) is 0. The summed E-state index contributed by atoms with van der Waals surface area (Å²) in [5.74, 6) is -6.07. The standard InChI is InChI=1S/C10H14F2O2/c1-5-4-7(5)8(13)6(2)9(14)10(3,11)12/h5-7H,4H2,1-3H3. The van der Waals surface area contributed by atoms with Crippen molar-refractivity contribution in [2.45, 2.75) is 33.1 Å². The van der Waals surface area contributed by atoms with E-state index in [0.717, 1.165) is 6.42 Å². The molecule has 0 saturated heterocycles. The zero-order valence-electron chi connectivity index (χ0n) is 8.51. The summed E-state index contributed by atoms with van der Waals surface area (Å²) >= 11 is 0. The van der Waals surface area contributed by atoms with Gasteiger partial charge in [-0.2, -0.15) is 8.78 Å². The van der Waals surface area contributed by atoms with Crippen LogP contribution in [-0.2, 0) is 9.59 Å². The molecule has 0 radical (unpaired) electrons. The van der Waals surface area contributed by atoms with Crippen molar-refractivity contribution >= 4 is 11.6 Å². The molecule has 1 rings (SSSR count). The molecule has 0 aromatic carbocycles. The third-order valence-corrected chi connectivity index (χ3v) is 2.73. The van der Waals surface area contributed by atoms with Gasteiger partial charge in [0.1, 0.15) is 5.78 Å². The van der Waals surface area contributed by atoms with Gasteiger partial charge in [-0.3, -0.25) is 9.59 Å². The Morgan fingerprint density at radius 3 is 2.14 bits per heavy atom. The highest BCUT2D eigenvalue weighted by Crippen LogP contribution is 2.40. The van der Waals surface area contributed by atoms with Crippen LogP contribution in [0.25, 0.3) is 0 Å². The van der Waals surface area contributed by atoms with Crippen molar-refractivity contribution in [3.63, 3.8) is 0 Å². The van der Waals surface area contributed by atoms with E-state index in [1.54, 1.807) is 0 Å². The van der Waals surface area contributed by atoms with Crippen LogP contribution in [0, 0.1) is 17.8 Å². The summed E-state index contributed by atoms with van der Waals surface area (Å²) in [6.07, 6.45) is 0.728. The van der Waals surface area contributed by atoms with Crippen LogP contribution in [0.4, 0.5) is 8.78 Å². The lowest BCUT2D eigenvalue weighted by Gasteiger charge is -2.14. The molecule has 1 fully saturated rings. The minimum Gasteiger partial charge on any atom is -0.299 e. The van der Waals surface area contributed by atoms with E-state index in [4.69, 9.17) is 0 Å². The Morgan fingerprint density at radius 1 is 1.43 bits per heavy atom. The molecule has 0 spiro atoms. The van der Waals surface area contributed by atoms with Gasteiger partial charge in [0.05, 0.1) is 5.92 Å². The molecule has 14 heavy (non-hydrogen) atoms. The molecule has 0 aromatic rings. The first kappa shape index (κ1) is 11.3. The third-order valence-electron chi connectivity index (χ3n) is 2.73. The minimum absolute atomic E-state index is 0.170. The zero-order chi connectivity index (χ0) is 11.1. The highest BCUT2D eigenvalue weighted by molar-refractivity contribution is 6.06. The van der Waals surface area contributed by atoms with Crippen molar-refractivity contribution < 1.29 is 18.4 Å². The highest BCUT2D eigenvalue weighted by atomic mass is 19.3. The van der Waals surface area contributed by atoms with E-state index in [2.05, 4.69) is 0 Å². The Kier molecular flexibility index (Phi) is 2.74. The van der Waals surface area contributed by atoms with Gasteiger partial charge in [0.15, 0.2) is 0 Å². The van der Waals surface area contributed by atoms with Crippen LogP contribution in [0.3, 0.4) is 0 Å². The average Bonchev–Trinajstić information content (AvgIpc) is 2.77. The SMILES string of the molecule is CC(C(=O)C1CC1C)C(=O)C(C)(F)F. The van der Waals surface area contributed by atoms with E-state index in [0.29, 0.717) is 6.92 Å². The quantitative estimate of drug-likeness (QED) is 0.657. The number of rotatable bonds is 4. The fraction of sp³-hybridized carbons (Fsp3) is 0.800. The molecule has 1 aliphatic rings. The molecular formula is C10H14F2O2. The van der Waals surface area contributed by atoms with Crippen LogP contribution >= 0.6 is 0 Å². The van der Waals surface area contributed by atoms with E-state index < -0.39 is 17.6 Å². The molecule has 4 heteroatoms. The lowest BCUT2D eigenvalue weighted by atomic mass is 9.94. The lowest BCUT2D eigenvalue weighted by molar-refractivity contribution is -0.148. The Hall–Kier alpha value is -0.800. The molecule has 1 aliphatic carbocycles. The summed E-state index contributed by atoms with van der Waals surface area (Å²) < 4.78 is 25.2. The number of hydrogen-bond donors (Lipinski definition) is 0. The number of alkyl halides is 2. The summed E-state index contributed by atoms with van der Waals surface area (Å²) in [7, 11) is 0. The van der Waals surface area contributed by atoms with Crippen molar-refractivity contribution in [3.05, 3.63) is 0 Å². The van der Waals surface area contributed by atoms with Crippen LogP contribution in [0.5, 0.6) is 0 Å². The largest absolute Gasteiger partial charge is 0.303 e. The van der Waals surface area contributed by atoms with Crippen LogP contribution in [-0.4, -0.2) is 17.5 Å². The van der Waals surface area contributed by atoms with Crippen molar-refractivity contribution in [2.24, 2.45) is 17.8 Å². The first-order valence-electron chi connectivity index (χ1n) is 4.71. The molecule has 0 aromatic heterocycles. The van der Waals surface area contributed by atoms with Crippen LogP contribution in [0.15, 0.2) is 0 Å². The summed E-state index contributed by atoms with van der Waals surface area (Å²) in [6.45, 7) is 3.69. The molecular weight excluding hydrogens is 190 g/mol. The molecule has 0 N–H and O–H groups in total. The van der Waals surface area contributed by atoms with Gasteiger partial charge in [-0.25, -0.2) is 0 Å². The van der Waals surface area contributed by atoms with Crippen molar-refractivity contribution in [3.8, 4) is 0 Å². The second-order valence-electron chi connectivity index (χ2n) is 4.20. The monoisotopic (exact) mass is 204 g/mol. The van der Waals surface area contributed by atoms with Gasteiger partial charge in [-0.15, -0.1) is 0 Å². The summed E-state index contributed by atoms with van der Waals surface area (Å²) in [4.78, 5) is 22.5. The predicted octanol–water partition coefficient (Wildman–Crippen LogP) is 2.07. The molecule has 3 unspecified atom stereocenters. The van der Waals surface area contributed by atoms with E-state index in [1.807, 2.05) is 6.92 Å². The smallest absolute Gasteiger partial charge is 0.299 e. The number of hydrogen-bond acceptors (Lipinski definition) is 2. The Morgan fingerprint density at radius 2 is 1.86 bits per heavy atom. The van der Waals surface area contributed by atoms with Crippen molar-refractivity contribution in [1.29, 1.82) is 0 Å². The molecule has 0 amide bonds. The first-order valence-corrected chi connectivity index (χ1v) is 4.71. The van der Waals surface area contributed by atoms with E-state index in [9.17, 15) is 18.4 Å². The Labute approximate surface area is 81.7 Å². The Bertz CT molecular complexity index is 268. The lowest BCUT2D eigenvalue weighted by Crippen LogP contribution is -2.35. The Balaban J connectivity index is 2.61. The second kappa shape index (κ2) is 3.41. The molecule has 80 valence electrons. The number of halogens is 2. The first-order chi connectivity index (χ1) is 6.25. The van der Waals surface area contributed by atoms with Crippen molar-refractivity contribution in [2.75, 3.05) is 0 Å². The number of carbonyl (C=O) groups excluding carboxylic acids is 2. The highest BCUT2D eigenvalue weighted by Gasteiger charge is 2.46. The molecule has 2 nitrogen and oxygen atoms in total. The predicted molar refractivity (Wildman–Crippen MR) is 47.1 cm³/mol. The van der Waals surface area contributed by atoms with Gasteiger partial charge < -0.3 is 0 Å². The maximum Gasteiger partial charge on any atom is 0.303 e. The average molecular weight is 204 g/mol. The van der Waals surface area contributed by atoms with Gasteiger partial charge in [0.2, 0.25) is 5.78 Å². The van der Waals surface area contributed by atoms with Crippen LogP contribution < -0.4 is 0 Å². The van der Waals surface area contributed by atoms with Gasteiger partial charge in [0.25, 0.3) is 0 Å². The fourth-order valence-electron chi connectivity index (χ4n) is 1.55. The van der Waals surface area contributed by atoms with Gasteiger partial charge in [-0.05, 0) is 19.3 Å². The molecule has 0 aliphatic heterocycles. The van der Waals surface area contributed by atoms with E-state index in [-0.39, 0.29) is 17.6 Å². The van der Waals surface area contributed by atoms with Gasteiger partial charge in [0, 0.05) is 12.8 Å². The topological polar surface area (TPSA) is 34.1 Å². The molecule has 3 atom stereocenters. The van der Waals surface area contributed by atoms with Crippen molar-refractivity contribution in [1.82, 2.24) is 0 Å². The third kappa shape index (κ3) is 2.16. The maximum absolute atomic E-state index is 12.6. The van der Waals surface area contributed by atoms with E-state index >= 15 is 0 Å². The molecule has 1 saturated carbocycles. The minimum atomic E-state index is -3.40. The molecule has 0 heterocycles. The van der Waals surface area contributed by atoms with Gasteiger partial charge in [-0.1, -0.05) is 6.92 Å². The number of ketones is 2. The van der Waals surface area contributed by atoms with Crippen LogP contribution in [0.1, 0.15) is 27.2 Å². The van der Waals surface area contributed by atoms with E-state index in [1.165, 1.54) is 6.92 Å².